The monoisotopic (exact) mass is 312 g/mol. The molecule has 0 spiro atoms. The summed E-state index contributed by atoms with van der Waals surface area (Å²) < 4.78 is 0.807. The van der Waals surface area contributed by atoms with Crippen LogP contribution in [0.2, 0.25) is 0 Å². The normalized spacial score (nSPS) is 11.4. The van der Waals surface area contributed by atoms with Crippen molar-refractivity contribution in [3.8, 4) is 0 Å². The Labute approximate surface area is 117 Å². The highest BCUT2D eigenvalue weighted by atomic mass is 79.9. The molecule has 0 aliphatic heterocycles. The fraction of sp³-hybridized carbons (Fsp3) is 0.500. The molecule has 0 radical (unpaired) electrons. The molecular formula is C14H21BrN2O. The lowest BCUT2D eigenvalue weighted by molar-refractivity contribution is 0.0941. The largest absolute Gasteiger partial charge is 0.350 e. The average Bonchev–Trinajstić information content (AvgIpc) is 2.38. The summed E-state index contributed by atoms with van der Waals surface area (Å²) in [5.74, 6) is -0.0812. The predicted octanol–water partition coefficient (Wildman–Crippen LogP) is 3.00. The molecule has 0 bridgehead atoms. The molecule has 0 aromatic heterocycles. The summed E-state index contributed by atoms with van der Waals surface area (Å²) in [5, 5.41) is 2.92. The van der Waals surface area contributed by atoms with Crippen LogP contribution in [0.5, 0.6) is 0 Å². The van der Waals surface area contributed by atoms with Gasteiger partial charge in [-0.15, -0.1) is 0 Å². The van der Waals surface area contributed by atoms with E-state index < -0.39 is 0 Å². The van der Waals surface area contributed by atoms with Crippen LogP contribution in [0.4, 0.5) is 0 Å². The molecule has 18 heavy (non-hydrogen) atoms. The number of aryl methyl sites for hydroxylation is 1. The van der Waals surface area contributed by atoms with E-state index in [2.05, 4.69) is 21.2 Å². The minimum absolute atomic E-state index is 0.0812. The number of amides is 1. The van der Waals surface area contributed by atoms with Gasteiger partial charge >= 0.3 is 0 Å². The van der Waals surface area contributed by atoms with Gasteiger partial charge in [0.25, 0.3) is 5.91 Å². The van der Waals surface area contributed by atoms with Crippen LogP contribution in [0, 0.1) is 6.92 Å². The molecule has 100 valence electrons. The number of halogens is 1. The predicted molar refractivity (Wildman–Crippen MR) is 78.7 cm³/mol. The maximum absolute atomic E-state index is 12.1. The van der Waals surface area contributed by atoms with Gasteiger partial charge in [0.05, 0.1) is 5.56 Å². The Balaban J connectivity index is 2.74. The van der Waals surface area contributed by atoms with Crippen molar-refractivity contribution in [1.82, 2.24) is 5.32 Å². The van der Waals surface area contributed by atoms with Gasteiger partial charge in [0.1, 0.15) is 0 Å². The highest BCUT2D eigenvalue weighted by Crippen LogP contribution is 2.18. The zero-order chi connectivity index (χ0) is 13.8. The Morgan fingerprint density at radius 2 is 2.00 bits per heavy atom. The standard InChI is InChI=1S/C14H21BrN2O/c1-4-14(16,5-2)9-17-13(18)11-8-10(3)6-7-12(11)15/h6-8H,4-5,9,16H2,1-3H3,(H,17,18). The van der Waals surface area contributed by atoms with Crippen LogP contribution in [0.25, 0.3) is 0 Å². The van der Waals surface area contributed by atoms with Crippen LogP contribution in [0.3, 0.4) is 0 Å². The molecular weight excluding hydrogens is 292 g/mol. The van der Waals surface area contributed by atoms with Crippen molar-refractivity contribution in [2.45, 2.75) is 39.2 Å². The molecule has 0 atom stereocenters. The van der Waals surface area contributed by atoms with Crippen molar-refractivity contribution in [2.24, 2.45) is 5.73 Å². The second-order valence-corrected chi connectivity index (χ2v) is 5.59. The van der Waals surface area contributed by atoms with Gasteiger partial charge in [0.2, 0.25) is 0 Å². The average molecular weight is 313 g/mol. The van der Waals surface area contributed by atoms with Crippen LogP contribution < -0.4 is 11.1 Å². The maximum Gasteiger partial charge on any atom is 0.252 e. The minimum Gasteiger partial charge on any atom is -0.350 e. The van der Waals surface area contributed by atoms with E-state index >= 15 is 0 Å². The third-order valence-electron chi connectivity index (χ3n) is 3.38. The number of nitrogens with two attached hydrogens (primary N) is 1. The van der Waals surface area contributed by atoms with E-state index in [1.807, 2.05) is 39.0 Å². The van der Waals surface area contributed by atoms with Crippen molar-refractivity contribution >= 4 is 21.8 Å². The van der Waals surface area contributed by atoms with Gasteiger partial charge in [0.15, 0.2) is 0 Å². The first-order chi connectivity index (χ1) is 8.41. The summed E-state index contributed by atoms with van der Waals surface area (Å²) in [6.07, 6.45) is 1.69. The SMILES string of the molecule is CCC(N)(CC)CNC(=O)c1cc(C)ccc1Br. The summed E-state index contributed by atoms with van der Waals surface area (Å²) in [7, 11) is 0. The Hall–Kier alpha value is -0.870. The second-order valence-electron chi connectivity index (χ2n) is 4.74. The van der Waals surface area contributed by atoms with Crippen molar-refractivity contribution < 1.29 is 4.79 Å². The number of rotatable bonds is 5. The number of benzene rings is 1. The molecule has 0 aliphatic carbocycles. The smallest absolute Gasteiger partial charge is 0.252 e. The number of hydrogen-bond donors (Lipinski definition) is 2. The first-order valence-electron chi connectivity index (χ1n) is 6.25. The fourth-order valence-electron chi connectivity index (χ4n) is 1.66. The topological polar surface area (TPSA) is 55.1 Å². The van der Waals surface area contributed by atoms with Gasteiger partial charge in [-0.2, -0.15) is 0 Å². The lowest BCUT2D eigenvalue weighted by Gasteiger charge is -2.26. The number of carbonyl (C=O) groups excluding carboxylic acids is 1. The third-order valence-corrected chi connectivity index (χ3v) is 4.07. The molecule has 0 aliphatic rings. The van der Waals surface area contributed by atoms with Gasteiger partial charge in [-0.3, -0.25) is 4.79 Å². The third kappa shape index (κ3) is 3.82. The number of hydrogen-bond acceptors (Lipinski definition) is 2. The summed E-state index contributed by atoms with van der Waals surface area (Å²) in [6, 6.07) is 5.72. The van der Waals surface area contributed by atoms with E-state index in [4.69, 9.17) is 5.73 Å². The van der Waals surface area contributed by atoms with Crippen LogP contribution in [0.15, 0.2) is 22.7 Å². The van der Waals surface area contributed by atoms with Gasteiger partial charge in [-0.05, 0) is 47.8 Å². The molecule has 0 unspecified atom stereocenters. The summed E-state index contributed by atoms with van der Waals surface area (Å²) in [4.78, 5) is 12.1. The highest BCUT2D eigenvalue weighted by Gasteiger charge is 2.21. The van der Waals surface area contributed by atoms with Crippen LogP contribution in [0.1, 0.15) is 42.6 Å². The quantitative estimate of drug-likeness (QED) is 0.878. The zero-order valence-corrected chi connectivity index (χ0v) is 12.8. The molecule has 4 heteroatoms. The first-order valence-corrected chi connectivity index (χ1v) is 7.04. The minimum atomic E-state index is -0.314. The van der Waals surface area contributed by atoms with Crippen molar-refractivity contribution in [2.75, 3.05) is 6.54 Å². The molecule has 0 saturated heterocycles. The molecule has 0 saturated carbocycles. The molecule has 1 aromatic rings. The first kappa shape index (κ1) is 15.2. The van der Waals surface area contributed by atoms with Crippen LogP contribution in [-0.2, 0) is 0 Å². The molecule has 1 rings (SSSR count). The second kappa shape index (κ2) is 6.34. The summed E-state index contributed by atoms with van der Waals surface area (Å²) in [6.45, 7) is 6.55. The molecule has 0 heterocycles. The van der Waals surface area contributed by atoms with Crippen molar-refractivity contribution in [3.05, 3.63) is 33.8 Å². The van der Waals surface area contributed by atoms with Crippen molar-refractivity contribution in [1.29, 1.82) is 0 Å². The Bertz CT molecular complexity index is 428. The van der Waals surface area contributed by atoms with Gasteiger partial charge in [-0.1, -0.05) is 25.5 Å². The van der Waals surface area contributed by atoms with Gasteiger partial charge < -0.3 is 11.1 Å². The highest BCUT2D eigenvalue weighted by molar-refractivity contribution is 9.10. The van der Waals surface area contributed by atoms with E-state index in [9.17, 15) is 4.79 Å². The van der Waals surface area contributed by atoms with Crippen molar-refractivity contribution in [3.63, 3.8) is 0 Å². The molecule has 0 fully saturated rings. The molecule has 3 nitrogen and oxygen atoms in total. The van der Waals surface area contributed by atoms with E-state index in [1.165, 1.54) is 0 Å². The van der Waals surface area contributed by atoms with Crippen LogP contribution >= 0.6 is 15.9 Å². The Kier molecular flexibility index (Phi) is 5.35. The number of nitrogens with one attached hydrogen (secondary N) is 1. The lowest BCUT2D eigenvalue weighted by atomic mass is 9.94. The maximum atomic E-state index is 12.1. The summed E-state index contributed by atoms with van der Waals surface area (Å²) in [5.41, 5.74) is 7.57. The summed E-state index contributed by atoms with van der Waals surface area (Å²) >= 11 is 3.39. The molecule has 3 N–H and O–H groups in total. The van der Waals surface area contributed by atoms with E-state index in [1.54, 1.807) is 0 Å². The number of carbonyl (C=O) groups is 1. The van der Waals surface area contributed by atoms with Gasteiger partial charge in [0, 0.05) is 16.6 Å². The van der Waals surface area contributed by atoms with Crippen LogP contribution in [-0.4, -0.2) is 18.0 Å². The molecule has 1 amide bonds. The van der Waals surface area contributed by atoms with E-state index in [0.29, 0.717) is 12.1 Å². The fourth-order valence-corrected chi connectivity index (χ4v) is 2.09. The van der Waals surface area contributed by atoms with E-state index in [0.717, 1.165) is 22.9 Å². The zero-order valence-electron chi connectivity index (χ0n) is 11.2. The Morgan fingerprint density at radius 3 is 2.56 bits per heavy atom. The van der Waals surface area contributed by atoms with Gasteiger partial charge in [-0.25, -0.2) is 0 Å². The Morgan fingerprint density at radius 1 is 1.39 bits per heavy atom. The van der Waals surface area contributed by atoms with E-state index in [-0.39, 0.29) is 11.4 Å². The lowest BCUT2D eigenvalue weighted by Crippen LogP contribution is -2.49. The molecule has 1 aromatic carbocycles.